The van der Waals surface area contributed by atoms with E-state index in [2.05, 4.69) is 28.9 Å². The van der Waals surface area contributed by atoms with Crippen LogP contribution in [0, 0.1) is 5.92 Å². The van der Waals surface area contributed by atoms with Gasteiger partial charge >= 0.3 is 0 Å². The third-order valence-electron chi connectivity index (χ3n) is 7.20. The summed E-state index contributed by atoms with van der Waals surface area (Å²) < 4.78 is 22.4. The average molecular weight is 465 g/mol. The molecule has 1 aliphatic carbocycles. The lowest BCUT2D eigenvalue weighted by Gasteiger charge is -2.38. The number of carbonyl (C=O) groups is 1. The molecule has 4 unspecified atom stereocenters. The van der Waals surface area contributed by atoms with Crippen LogP contribution < -0.4 is 24.8 Å². The molecule has 0 spiro atoms. The number of fused-ring (bicyclic) bond motifs is 3. The molecule has 2 aromatic rings. The lowest BCUT2D eigenvalue weighted by Crippen LogP contribution is -2.34. The average Bonchev–Trinajstić information content (AvgIpc) is 3.58. The van der Waals surface area contributed by atoms with Crippen LogP contribution in [0.3, 0.4) is 0 Å². The number of allylic oxidation sites excluding steroid dienone is 2. The van der Waals surface area contributed by atoms with Crippen LogP contribution in [0.5, 0.6) is 17.2 Å². The minimum atomic E-state index is -0.0797. The highest BCUT2D eigenvalue weighted by molar-refractivity contribution is 6.00. The van der Waals surface area contributed by atoms with Gasteiger partial charge in [0.15, 0.2) is 11.5 Å². The van der Waals surface area contributed by atoms with Crippen LogP contribution >= 0.6 is 0 Å². The Bertz CT molecular complexity index is 1070. The van der Waals surface area contributed by atoms with Crippen molar-refractivity contribution in [3.8, 4) is 17.2 Å². The van der Waals surface area contributed by atoms with Crippen LogP contribution in [0.4, 0.5) is 5.69 Å². The Morgan fingerprint density at radius 3 is 2.62 bits per heavy atom. The van der Waals surface area contributed by atoms with Crippen LogP contribution in [-0.4, -0.2) is 46.5 Å². The van der Waals surface area contributed by atoms with Gasteiger partial charge in [0.2, 0.25) is 5.75 Å². The number of ether oxygens (including phenoxy) is 4. The number of amides is 1. The van der Waals surface area contributed by atoms with E-state index in [1.807, 2.05) is 24.3 Å². The molecule has 5 rings (SSSR count). The van der Waals surface area contributed by atoms with Crippen LogP contribution in [0.25, 0.3) is 0 Å². The fourth-order valence-electron chi connectivity index (χ4n) is 5.53. The lowest BCUT2D eigenvalue weighted by molar-refractivity contribution is 0.0858. The largest absolute Gasteiger partial charge is 0.493 e. The van der Waals surface area contributed by atoms with Gasteiger partial charge in [0.25, 0.3) is 5.91 Å². The van der Waals surface area contributed by atoms with E-state index >= 15 is 0 Å². The van der Waals surface area contributed by atoms with Crippen LogP contribution in [0.1, 0.15) is 52.7 Å². The summed E-state index contributed by atoms with van der Waals surface area (Å²) in [7, 11) is 4.86. The van der Waals surface area contributed by atoms with Gasteiger partial charge in [-0.2, -0.15) is 0 Å². The third-order valence-corrected chi connectivity index (χ3v) is 7.20. The topological polar surface area (TPSA) is 78.1 Å². The molecule has 180 valence electrons. The predicted octanol–water partition coefficient (Wildman–Crippen LogP) is 4.45. The maximum absolute atomic E-state index is 13.2. The van der Waals surface area contributed by atoms with Gasteiger partial charge in [-0.1, -0.05) is 24.3 Å². The molecule has 2 aliphatic heterocycles. The van der Waals surface area contributed by atoms with Crippen molar-refractivity contribution in [3.63, 3.8) is 0 Å². The summed E-state index contributed by atoms with van der Waals surface area (Å²) in [6, 6.07) is 9.97. The molecule has 4 atom stereocenters. The van der Waals surface area contributed by atoms with E-state index in [9.17, 15) is 4.79 Å². The maximum Gasteiger partial charge on any atom is 0.253 e. The molecule has 7 nitrogen and oxygen atoms in total. The van der Waals surface area contributed by atoms with E-state index in [0.29, 0.717) is 35.3 Å². The standard InChI is InChI=1S/C27H32N2O5/c1-31-22-13-16(14-23(32-2)26(22)33-3)24-19-9-4-8-18(19)20-10-5-11-21(25(20)29-24)27(30)28-15-17-7-6-12-34-17/h4-5,8,10-11,13-14,17-19,24,29H,6-7,9,12,15H2,1-3H3,(H,28,30). The molecule has 0 saturated carbocycles. The zero-order valence-electron chi connectivity index (χ0n) is 19.9. The van der Waals surface area contributed by atoms with Crippen molar-refractivity contribution >= 4 is 11.6 Å². The van der Waals surface area contributed by atoms with E-state index in [-0.39, 0.29) is 24.0 Å². The molecule has 0 aromatic heterocycles. The Kier molecular flexibility index (Phi) is 6.37. The fourth-order valence-corrected chi connectivity index (χ4v) is 5.53. The fraction of sp³-hybridized carbons (Fsp3) is 0.444. The summed E-state index contributed by atoms with van der Waals surface area (Å²) in [6.07, 6.45) is 7.60. The maximum atomic E-state index is 13.2. The number of carbonyl (C=O) groups excluding carboxylic acids is 1. The van der Waals surface area contributed by atoms with Gasteiger partial charge in [0.1, 0.15) is 0 Å². The minimum Gasteiger partial charge on any atom is -0.493 e. The Balaban J connectivity index is 1.50. The van der Waals surface area contributed by atoms with E-state index in [4.69, 9.17) is 18.9 Å². The Labute approximate surface area is 200 Å². The van der Waals surface area contributed by atoms with Crippen LogP contribution in [0.15, 0.2) is 42.5 Å². The smallest absolute Gasteiger partial charge is 0.253 e. The lowest BCUT2D eigenvalue weighted by atomic mass is 9.76. The first kappa shape index (κ1) is 22.6. The summed E-state index contributed by atoms with van der Waals surface area (Å²) in [5.74, 6) is 2.28. The molecular formula is C27H32N2O5. The third kappa shape index (κ3) is 3.98. The molecule has 2 N–H and O–H groups in total. The molecule has 3 aliphatic rings. The normalized spacial score (nSPS) is 24.7. The van der Waals surface area contributed by atoms with Crippen molar-refractivity contribution in [1.29, 1.82) is 0 Å². The Hall–Kier alpha value is -3.19. The zero-order chi connectivity index (χ0) is 23.7. The van der Waals surface area contributed by atoms with Crippen molar-refractivity contribution in [3.05, 3.63) is 59.2 Å². The number of anilines is 1. The summed E-state index contributed by atoms with van der Waals surface area (Å²) in [4.78, 5) is 13.2. The van der Waals surface area contributed by atoms with Crippen molar-refractivity contribution in [2.24, 2.45) is 5.92 Å². The Morgan fingerprint density at radius 1 is 1.15 bits per heavy atom. The molecule has 7 heteroatoms. The van der Waals surface area contributed by atoms with E-state index in [1.54, 1.807) is 21.3 Å². The minimum absolute atomic E-state index is 0.0201. The van der Waals surface area contributed by atoms with Crippen molar-refractivity contribution in [1.82, 2.24) is 5.32 Å². The summed E-state index contributed by atoms with van der Waals surface area (Å²) >= 11 is 0. The second kappa shape index (κ2) is 9.58. The van der Waals surface area contributed by atoms with Gasteiger partial charge < -0.3 is 29.6 Å². The van der Waals surface area contributed by atoms with Crippen molar-refractivity contribution in [2.45, 2.75) is 37.3 Å². The first-order chi connectivity index (χ1) is 16.6. The van der Waals surface area contributed by atoms with Gasteiger partial charge in [0, 0.05) is 19.1 Å². The van der Waals surface area contributed by atoms with Crippen LogP contribution in [0.2, 0.25) is 0 Å². The summed E-state index contributed by atoms with van der Waals surface area (Å²) in [5, 5.41) is 6.80. The quantitative estimate of drug-likeness (QED) is 0.590. The molecule has 0 radical (unpaired) electrons. The molecule has 1 fully saturated rings. The molecule has 2 heterocycles. The van der Waals surface area contributed by atoms with Crippen molar-refractivity contribution < 1.29 is 23.7 Å². The SMILES string of the molecule is COc1cc(C2Nc3c(C(=O)NCC4CCCO4)cccc3C3C=CCC32)cc(OC)c1OC. The zero-order valence-corrected chi connectivity index (χ0v) is 19.9. The number of methoxy groups -OCH3 is 3. The number of rotatable bonds is 7. The van der Waals surface area contributed by atoms with Gasteiger partial charge in [-0.05, 0) is 54.5 Å². The molecule has 34 heavy (non-hydrogen) atoms. The number of para-hydroxylation sites is 1. The van der Waals surface area contributed by atoms with Gasteiger partial charge in [-0.15, -0.1) is 0 Å². The molecule has 1 saturated heterocycles. The number of nitrogens with one attached hydrogen (secondary N) is 2. The van der Waals surface area contributed by atoms with E-state index in [1.165, 1.54) is 0 Å². The highest BCUT2D eigenvalue weighted by atomic mass is 16.5. The Morgan fingerprint density at radius 2 is 1.94 bits per heavy atom. The van der Waals surface area contributed by atoms with Crippen molar-refractivity contribution in [2.75, 3.05) is 39.8 Å². The monoisotopic (exact) mass is 464 g/mol. The molecule has 2 aromatic carbocycles. The van der Waals surface area contributed by atoms with Gasteiger partial charge in [0.05, 0.1) is 44.7 Å². The number of benzene rings is 2. The second-order valence-corrected chi connectivity index (χ2v) is 9.05. The molecule has 0 bridgehead atoms. The summed E-state index contributed by atoms with van der Waals surface area (Å²) in [5.41, 5.74) is 3.74. The first-order valence-electron chi connectivity index (χ1n) is 11.9. The second-order valence-electron chi connectivity index (χ2n) is 9.05. The number of hydrogen-bond acceptors (Lipinski definition) is 6. The van der Waals surface area contributed by atoms with Crippen LogP contribution in [-0.2, 0) is 4.74 Å². The van der Waals surface area contributed by atoms with E-state index < -0.39 is 0 Å². The summed E-state index contributed by atoms with van der Waals surface area (Å²) in [6.45, 7) is 1.31. The highest BCUT2D eigenvalue weighted by Gasteiger charge is 2.40. The van der Waals surface area contributed by atoms with Gasteiger partial charge in [-0.25, -0.2) is 0 Å². The highest BCUT2D eigenvalue weighted by Crippen LogP contribution is 2.52. The molecule has 1 amide bonds. The van der Waals surface area contributed by atoms with Gasteiger partial charge in [-0.3, -0.25) is 4.79 Å². The predicted molar refractivity (Wildman–Crippen MR) is 130 cm³/mol. The van der Waals surface area contributed by atoms with E-state index in [0.717, 1.165) is 42.7 Å². The molecular weight excluding hydrogens is 432 g/mol. The number of hydrogen-bond donors (Lipinski definition) is 2. The first-order valence-corrected chi connectivity index (χ1v) is 11.9.